The highest BCUT2D eigenvalue weighted by Gasteiger charge is 1.89. The summed E-state index contributed by atoms with van der Waals surface area (Å²) < 4.78 is 0. The lowest BCUT2D eigenvalue weighted by molar-refractivity contribution is 0.569. The van der Waals surface area contributed by atoms with Crippen LogP contribution < -0.4 is 0 Å². The van der Waals surface area contributed by atoms with Gasteiger partial charge in [0.1, 0.15) is 0 Å². The first-order chi connectivity index (χ1) is 5.20. The summed E-state index contributed by atoms with van der Waals surface area (Å²) in [5, 5.41) is 0. The molecule has 0 heterocycles. The highest BCUT2D eigenvalue weighted by Crippen LogP contribution is 2.03. The summed E-state index contributed by atoms with van der Waals surface area (Å²) in [7, 11) is 0. The van der Waals surface area contributed by atoms with E-state index >= 15 is 0 Å². The molecule has 0 aliphatic heterocycles. The third kappa shape index (κ3) is 5.42. The molecular weight excluding hydrogens is 136 g/mol. The Hall–Kier alpha value is -1.03. The maximum atomic E-state index is 9.84. The largest absolute Gasteiger partial charge is 0.224 e. The normalized spacial score (nSPS) is 12.3. The fourth-order valence-corrected chi connectivity index (χ4v) is 0.567. The van der Waals surface area contributed by atoms with Crippen LogP contribution in [0.25, 0.3) is 0 Å². The average Bonchev–Trinajstić information content (AvgIpc) is 2.01. The van der Waals surface area contributed by atoms with E-state index in [1.54, 1.807) is 5.94 Å². The molecule has 0 aromatic rings. The Morgan fingerprint density at radius 1 is 1.64 bits per heavy atom. The van der Waals surface area contributed by atoms with Crippen LogP contribution in [0, 0.1) is 5.92 Å². The molecule has 0 saturated heterocycles. The molecule has 0 fully saturated rings. The van der Waals surface area contributed by atoms with E-state index in [9.17, 15) is 4.79 Å². The first-order valence-corrected chi connectivity index (χ1v) is 3.85. The number of hydrogen-bond donors (Lipinski definition) is 0. The minimum absolute atomic E-state index is 0.568. The van der Waals surface area contributed by atoms with Gasteiger partial charge in [-0.2, -0.15) is 0 Å². The quantitative estimate of drug-likeness (QED) is 0.343. The Kier molecular flexibility index (Phi) is 5.20. The van der Waals surface area contributed by atoms with Gasteiger partial charge in [0, 0.05) is 5.57 Å². The Bertz CT molecular complexity index is 213. The van der Waals surface area contributed by atoms with Gasteiger partial charge in [-0.3, -0.25) is 0 Å². The Morgan fingerprint density at radius 2 is 2.27 bits per heavy atom. The third-order valence-electron chi connectivity index (χ3n) is 1.57. The zero-order chi connectivity index (χ0) is 8.69. The zero-order valence-electron chi connectivity index (χ0n) is 7.35. The molecule has 0 rings (SSSR count). The van der Waals surface area contributed by atoms with Crippen molar-refractivity contribution in [1.29, 1.82) is 0 Å². The highest BCUT2D eigenvalue weighted by molar-refractivity contribution is 5.46. The molecule has 0 aromatic heterocycles. The lowest BCUT2D eigenvalue weighted by Gasteiger charge is -1.97. The summed E-state index contributed by atoms with van der Waals surface area (Å²) in [6, 6.07) is 0. The summed E-state index contributed by atoms with van der Waals surface area (Å²) >= 11 is 0. The molecule has 1 heteroatoms. The summed E-state index contributed by atoms with van der Waals surface area (Å²) in [4.78, 5) is 9.84. The summed E-state index contributed by atoms with van der Waals surface area (Å²) in [5.74, 6) is 2.19. The minimum Gasteiger partial charge on any atom is -0.224 e. The van der Waals surface area contributed by atoms with Gasteiger partial charge in [0.15, 0.2) is 5.94 Å². The molecule has 0 aliphatic rings. The van der Waals surface area contributed by atoms with Gasteiger partial charge in [-0.1, -0.05) is 32.4 Å². The molecule has 0 N–H and O–H groups in total. The van der Waals surface area contributed by atoms with E-state index < -0.39 is 0 Å². The number of rotatable bonds is 3. The van der Waals surface area contributed by atoms with E-state index in [1.165, 1.54) is 0 Å². The van der Waals surface area contributed by atoms with Crippen LogP contribution >= 0.6 is 0 Å². The van der Waals surface area contributed by atoms with Crippen LogP contribution in [0.3, 0.4) is 0 Å². The molecule has 0 saturated carbocycles. The van der Waals surface area contributed by atoms with E-state index in [4.69, 9.17) is 0 Å². The van der Waals surface area contributed by atoms with Crippen molar-refractivity contribution in [2.45, 2.75) is 27.2 Å². The topological polar surface area (TPSA) is 17.1 Å². The van der Waals surface area contributed by atoms with Gasteiger partial charge in [0.2, 0.25) is 0 Å². The summed E-state index contributed by atoms with van der Waals surface area (Å²) in [5.41, 5.74) is 3.28. The summed E-state index contributed by atoms with van der Waals surface area (Å²) in [6.45, 7) is 6.10. The predicted molar refractivity (Wildman–Crippen MR) is 47.0 cm³/mol. The molecular formula is C10H14O. The van der Waals surface area contributed by atoms with Gasteiger partial charge >= 0.3 is 0 Å². The minimum atomic E-state index is 0.568. The average molecular weight is 150 g/mol. The monoisotopic (exact) mass is 150 g/mol. The van der Waals surface area contributed by atoms with Gasteiger partial charge in [0.05, 0.1) is 0 Å². The van der Waals surface area contributed by atoms with Gasteiger partial charge in [0.25, 0.3) is 0 Å². The van der Waals surface area contributed by atoms with Crippen molar-refractivity contribution in [1.82, 2.24) is 0 Å². The smallest absolute Gasteiger partial charge is 0.177 e. The number of carbonyl (C=O) groups excluding carboxylic acids is 1. The maximum Gasteiger partial charge on any atom is 0.177 e. The zero-order valence-corrected chi connectivity index (χ0v) is 7.35. The van der Waals surface area contributed by atoms with Crippen molar-refractivity contribution in [3.63, 3.8) is 0 Å². The fourth-order valence-electron chi connectivity index (χ4n) is 0.567. The molecule has 0 amide bonds. The van der Waals surface area contributed by atoms with Crippen LogP contribution in [0.1, 0.15) is 27.2 Å². The van der Waals surface area contributed by atoms with Crippen LogP contribution in [-0.2, 0) is 4.79 Å². The molecule has 0 radical (unpaired) electrons. The third-order valence-corrected chi connectivity index (χ3v) is 1.57. The Labute approximate surface area is 68.1 Å². The molecule has 1 unspecified atom stereocenters. The van der Waals surface area contributed by atoms with Crippen LogP contribution in [0.5, 0.6) is 0 Å². The van der Waals surface area contributed by atoms with Crippen molar-refractivity contribution >= 4 is 5.94 Å². The van der Waals surface area contributed by atoms with Gasteiger partial charge in [-0.15, -0.1) is 0 Å². The molecule has 60 valence electrons. The second kappa shape index (κ2) is 5.73. The Morgan fingerprint density at radius 3 is 2.73 bits per heavy atom. The standard InChI is InChI=1S/C10H14O/c1-4-9(2)5-6-10(3)7-8-11/h5-6,9H,4H2,1-3H3. The van der Waals surface area contributed by atoms with E-state index in [0.29, 0.717) is 5.92 Å². The number of hydrogen-bond acceptors (Lipinski definition) is 1. The Balaban J connectivity index is 4.14. The first kappa shape index (κ1) is 9.97. The maximum absolute atomic E-state index is 9.84. The lowest BCUT2D eigenvalue weighted by atomic mass is 10.1. The molecule has 11 heavy (non-hydrogen) atoms. The van der Waals surface area contributed by atoms with Crippen LogP contribution in [0.4, 0.5) is 0 Å². The number of allylic oxidation sites excluding steroid dienone is 3. The van der Waals surface area contributed by atoms with Crippen molar-refractivity contribution in [2.24, 2.45) is 5.92 Å². The van der Waals surface area contributed by atoms with Crippen molar-refractivity contribution in [2.75, 3.05) is 0 Å². The van der Waals surface area contributed by atoms with Gasteiger partial charge in [-0.05, 0) is 18.6 Å². The predicted octanol–water partition coefficient (Wildman–Crippen LogP) is 2.52. The van der Waals surface area contributed by atoms with E-state index in [0.717, 1.165) is 12.0 Å². The molecule has 0 bridgehead atoms. The van der Waals surface area contributed by atoms with E-state index in [2.05, 4.69) is 25.7 Å². The molecule has 1 nitrogen and oxygen atoms in total. The lowest BCUT2D eigenvalue weighted by Crippen LogP contribution is -1.83. The molecule has 0 spiro atoms. The highest BCUT2D eigenvalue weighted by atomic mass is 16.1. The molecule has 0 aliphatic carbocycles. The fraction of sp³-hybridized carbons (Fsp3) is 0.500. The van der Waals surface area contributed by atoms with E-state index in [1.807, 2.05) is 13.0 Å². The first-order valence-electron chi connectivity index (χ1n) is 3.85. The second-order valence-corrected chi connectivity index (χ2v) is 2.65. The van der Waals surface area contributed by atoms with Gasteiger partial charge in [-0.25, -0.2) is 4.79 Å². The van der Waals surface area contributed by atoms with Gasteiger partial charge < -0.3 is 0 Å². The molecule has 0 aromatic carbocycles. The van der Waals surface area contributed by atoms with Crippen molar-refractivity contribution in [3.8, 4) is 0 Å². The van der Waals surface area contributed by atoms with Crippen LogP contribution in [-0.4, -0.2) is 5.94 Å². The molecule has 1 atom stereocenters. The van der Waals surface area contributed by atoms with Crippen molar-refractivity contribution in [3.05, 3.63) is 23.5 Å². The van der Waals surface area contributed by atoms with Crippen LogP contribution in [0.15, 0.2) is 23.5 Å². The SMILES string of the molecule is CCC(C)C=CC(C)=C=C=O. The summed E-state index contributed by atoms with van der Waals surface area (Å²) in [6.07, 6.45) is 5.09. The second-order valence-electron chi connectivity index (χ2n) is 2.65. The van der Waals surface area contributed by atoms with Crippen molar-refractivity contribution < 1.29 is 4.79 Å². The van der Waals surface area contributed by atoms with Crippen LogP contribution in [0.2, 0.25) is 0 Å². The van der Waals surface area contributed by atoms with E-state index in [-0.39, 0.29) is 0 Å².